The van der Waals surface area contributed by atoms with Crippen molar-refractivity contribution in [3.8, 4) is 0 Å². The highest BCUT2D eigenvalue weighted by Crippen LogP contribution is 2.30. The van der Waals surface area contributed by atoms with Crippen molar-refractivity contribution in [1.82, 2.24) is 5.32 Å². The number of Topliss-reactive ketones (excluding diaryl/α,β-unsaturated/α-hetero) is 1. The Labute approximate surface area is 143 Å². The van der Waals surface area contributed by atoms with Gasteiger partial charge in [0.05, 0.1) is 17.4 Å². The van der Waals surface area contributed by atoms with Gasteiger partial charge in [-0.1, -0.05) is 0 Å². The van der Waals surface area contributed by atoms with Gasteiger partial charge in [0.1, 0.15) is 5.60 Å². The molecule has 1 aromatic rings. The number of benzene rings is 1. The molecule has 1 amide bonds. The number of amides is 1. The standard InChI is InChI=1S/C18H27N3O3/c1-12(22)13-7-8-16(15(19)10-13)21(14-6-5-9-20-11-14)17(23)24-18(2,3)4/h7-8,10,14,20H,5-6,9,11,19H2,1-4H3. The third kappa shape index (κ3) is 4.47. The van der Waals surface area contributed by atoms with Crippen molar-refractivity contribution in [2.75, 3.05) is 23.7 Å². The minimum absolute atomic E-state index is 0.0286. The number of ketones is 1. The fourth-order valence-electron chi connectivity index (χ4n) is 2.80. The number of nitrogens with zero attached hydrogens (tertiary/aromatic N) is 1. The van der Waals surface area contributed by atoms with Crippen LogP contribution in [0.5, 0.6) is 0 Å². The topological polar surface area (TPSA) is 84.7 Å². The first-order valence-electron chi connectivity index (χ1n) is 8.32. The van der Waals surface area contributed by atoms with Crippen molar-refractivity contribution in [1.29, 1.82) is 0 Å². The summed E-state index contributed by atoms with van der Waals surface area (Å²) >= 11 is 0. The molecular formula is C18H27N3O3. The lowest BCUT2D eigenvalue weighted by molar-refractivity contribution is 0.0560. The summed E-state index contributed by atoms with van der Waals surface area (Å²) in [6.45, 7) is 8.63. The second kappa shape index (κ2) is 7.21. The lowest BCUT2D eigenvalue weighted by Crippen LogP contribution is -2.50. The summed E-state index contributed by atoms with van der Waals surface area (Å²) < 4.78 is 5.58. The number of nitrogen functional groups attached to an aromatic ring is 1. The third-order valence-electron chi connectivity index (χ3n) is 3.92. The summed E-state index contributed by atoms with van der Waals surface area (Å²) in [6.07, 6.45) is 1.44. The zero-order valence-corrected chi connectivity index (χ0v) is 14.9. The van der Waals surface area contributed by atoms with Gasteiger partial charge in [0.25, 0.3) is 0 Å². The van der Waals surface area contributed by atoms with Gasteiger partial charge in [-0.05, 0) is 65.3 Å². The molecule has 0 radical (unpaired) electrons. The number of piperidine rings is 1. The number of hydrogen-bond donors (Lipinski definition) is 2. The summed E-state index contributed by atoms with van der Waals surface area (Å²) in [5.74, 6) is -0.0589. The molecule has 1 unspecified atom stereocenters. The summed E-state index contributed by atoms with van der Waals surface area (Å²) in [7, 11) is 0. The number of carbonyl (C=O) groups excluding carboxylic acids is 2. The lowest BCUT2D eigenvalue weighted by atomic mass is 10.0. The molecule has 0 saturated carbocycles. The normalized spacial score (nSPS) is 18.1. The van der Waals surface area contributed by atoms with E-state index >= 15 is 0 Å². The zero-order valence-electron chi connectivity index (χ0n) is 14.9. The van der Waals surface area contributed by atoms with Crippen LogP contribution in [0.1, 0.15) is 50.9 Å². The van der Waals surface area contributed by atoms with E-state index in [2.05, 4.69) is 5.32 Å². The maximum Gasteiger partial charge on any atom is 0.415 e. The Morgan fingerprint density at radius 1 is 1.33 bits per heavy atom. The summed E-state index contributed by atoms with van der Waals surface area (Å²) in [5.41, 5.74) is 7.07. The number of carbonyl (C=O) groups is 2. The number of anilines is 2. The van der Waals surface area contributed by atoms with Gasteiger partial charge >= 0.3 is 6.09 Å². The van der Waals surface area contributed by atoms with Crippen LogP contribution in [0.2, 0.25) is 0 Å². The van der Waals surface area contributed by atoms with Crippen molar-refractivity contribution in [3.63, 3.8) is 0 Å². The Morgan fingerprint density at radius 2 is 2.04 bits per heavy atom. The van der Waals surface area contributed by atoms with E-state index in [0.29, 0.717) is 23.5 Å². The molecule has 24 heavy (non-hydrogen) atoms. The molecule has 0 bridgehead atoms. The Bertz CT molecular complexity index is 616. The Balaban J connectivity index is 2.38. The van der Waals surface area contributed by atoms with Crippen LogP contribution in [0.3, 0.4) is 0 Å². The molecule has 6 nitrogen and oxygen atoms in total. The zero-order chi connectivity index (χ0) is 17.9. The molecule has 0 spiro atoms. The van der Waals surface area contributed by atoms with Gasteiger partial charge < -0.3 is 15.8 Å². The molecule has 1 fully saturated rings. The van der Waals surface area contributed by atoms with Gasteiger partial charge in [-0.3, -0.25) is 9.69 Å². The maximum absolute atomic E-state index is 12.8. The van der Waals surface area contributed by atoms with E-state index in [1.54, 1.807) is 23.1 Å². The quantitative estimate of drug-likeness (QED) is 0.656. The van der Waals surface area contributed by atoms with Crippen LogP contribution < -0.4 is 16.0 Å². The smallest absolute Gasteiger partial charge is 0.415 e. The molecule has 3 N–H and O–H groups in total. The molecule has 1 saturated heterocycles. The molecule has 1 aromatic carbocycles. The number of nitrogens with two attached hydrogens (primary N) is 1. The first-order valence-corrected chi connectivity index (χ1v) is 8.32. The van der Waals surface area contributed by atoms with Crippen molar-refractivity contribution < 1.29 is 14.3 Å². The summed E-state index contributed by atoms with van der Waals surface area (Å²) in [6, 6.07) is 5.01. The van der Waals surface area contributed by atoms with Crippen LogP contribution in [0.15, 0.2) is 18.2 Å². The van der Waals surface area contributed by atoms with Crippen molar-refractivity contribution in [2.24, 2.45) is 0 Å². The second-order valence-electron chi connectivity index (χ2n) is 7.18. The minimum atomic E-state index is -0.592. The van der Waals surface area contributed by atoms with Crippen LogP contribution in [-0.4, -0.2) is 36.6 Å². The molecule has 1 aliphatic rings. The maximum atomic E-state index is 12.8. The van der Waals surface area contributed by atoms with Crippen LogP contribution >= 0.6 is 0 Å². The monoisotopic (exact) mass is 333 g/mol. The summed E-state index contributed by atoms with van der Waals surface area (Å²) in [4.78, 5) is 25.9. The fraction of sp³-hybridized carbons (Fsp3) is 0.556. The molecule has 6 heteroatoms. The van der Waals surface area contributed by atoms with Crippen molar-refractivity contribution in [2.45, 2.75) is 52.2 Å². The largest absolute Gasteiger partial charge is 0.443 e. The third-order valence-corrected chi connectivity index (χ3v) is 3.92. The molecule has 2 rings (SSSR count). The number of rotatable bonds is 3. The van der Waals surface area contributed by atoms with Gasteiger partial charge in [0, 0.05) is 12.1 Å². The van der Waals surface area contributed by atoms with Gasteiger partial charge in [-0.25, -0.2) is 4.79 Å². The van der Waals surface area contributed by atoms with Gasteiger partial charge in [-0.15, -0.1) is 0 Å². The molecular weight excluding hydrogens is 306 g/mol. The molecule has 1 heterocycles. The van der Waals surface area contributed by atoms with Crippen LogP contribution in [0.25, 0.3) is 0 Å². The molecule has 132 valence electrons. The molecule has 0 aliphatic carbocycles. The highest BCUT2D eigenvalue weighted by molar-refractivity contribution is 5.98. The summed E-state index contributed by atoms with van der Waals surface area (Å²) in [5, 5.41) is 3.31. The number of nitrogens with one attached hydrogen (secondary N) is 1. The molecule has 0 aromatic heterocycles. The van der Waals surface area contributed by atoms with Crippen LogP contribution in [0, 0.1) is 0 Å². The predicted octanol–water partition coefficient (Wildman–Crippen LogP) is 2.96. The van der Waals surface area contributed by atoms with Crippen molar-refractivity contribution in [3.05, 3.63) is 23.8 Å². The predicted molar refractivity (Wildman–Crippen MR) is 95.5 cm³/mol. The van der Waals surface area contributed by atoms with E-state index in [1.807, 2.05) is 20.8 Å². The van der Waals surface area contributed by atoms with Crippen LogP contribution in [-0.2, 0) is 4.74 Å². The average molecular weight is 333 g/mol. The second-order valence-corrected chi connectivity index (χ2v) is 7.18. The van der Waals surface area contributed by atoms with E-state index in [9.17, 15) is 9.59 Å². The van der Waals surface area contributed by atoms with Crippen molar-refractivity contribution >= 4 is 23.3 Å². The molecule has 1 atom stereocenters. The SMILES string of the molecule is CC(=O)c1ccc(N(C(=O)OC(C)(C)C)C2CCCNC2)c(N)c1. The fourth-order valence-corrected chi connectivity index (χ4v) is 2.80. The highest BCUT2D eigenvalue weighted by Gasteiger charge is 2.31. The van der Waals surface area contributed by atoms with E-state index in [0.717, 1.165) is 19.4 Å². The van der Waals surface area contributed by atoms with E-state index < -0.39 is 11.7 Å². The van der Waals surface area contributed by atoms with E-state index in [-0.39, 0.29) is 11.8 Å². The average Bonchev–Trinajstić information content (AvgIpc) is 2.48. The van der Waals surface area contributed by atoms with E-state index in [1.165, 1.54) is 6.92 Å². The first-order chi connectivity index (χ1) is 11.2. The Morgan fingerprint density at radius 3 is 2.54 bits per heavy atom. The van der Waals surface area contributed by atoms with Gasteiger partial charge in [0.15, 0.2) is 5.78 Å². The first kappa shape index (κ1) is 18.3. The molecule has 1 aliphatic heterocycles. The van der Waals surface area contributed by atoms with Crippen LogP contribution in [0.4, 0.5) is 16.2 Å². The van der Waals surface area contributed by atoms with Gasteiger partial charge in [0.2, 0.25) is 0 Å². The lowest BCUT2D eigenvalue weighted by Gasteiger charge is -2.36. The number of ether oxygens (including phenoxy) is 1. The minimum Gasteiger partial charge on any atom is -0.443 e. The highest BCUT2D eigenvalue weighted by atomic mass is 16.6. The Kier molecular flexibility index (Phi) is 5.49. The van der Waals surface area contributed by atoms with Gasteiger partial charge in [-0.2, -0.15) is 0 Å². The number of hydrogen-bond acceptors (Lipinski definition) is 5. The Hall–Kier alpha value is -2.08. The van der Waals surface area contributed by atoms with E-state index in [4.69, 9.17) is 10.5 Å².